The Bertz CT molecular complexity index is 543. The number of morpholine rings is 1. The van der Waals surface area contributed by atoms with E-state index in [1.165, 1.54) is 5.56 Å². The number of anilines is 1. The molecule has 0 atom stereocenters. The van der Waals surface area contributed by atoms with Gasteiger partial charge in [-0.1, -0.05) is 24.3 Å². The number of nitrogens with one attached hydrogen (secondary N) is 1. The van der Waals surface area contributed by atoms with Crippen LogP contribution in [-0.2, 0) is 11.2 Å². The van der Waals surface area contributed by atoms with E-state index in [1.807, 2.05) is 0 Å². The molecule has 1 aliphatic rings. The second-order valence-electron chi connectivity index (χ2n) is 5.10. The Kier molecular flexibility index (Phi) is 3.99. The number of rotatable bonds is 4. The topological polar surface area (TPSA) is 67.2 Å². The number of aromatic nitrogens is 2. The number of nitrogens with two attached hydrogens (primary N) is 1. The van der Waals surface area contributed by atoms with Gasteiger partial charge in [-0.2, -0.15) is 5.10 Å². The van der Waals surface area contributed by atoms with E-state index in [0.717, 1.165) is 50.4 Å². The monoisotopic (exact) mass is 272 g/mol. The van der Waals surface area contributed by atoms with Crippen molar-refractivity contribution in [2.45, 2.75) is 6.42 Å². The maximum absolute atomic E-state index is 5.83. The molecule has 3 rings (SSSR count). The molecule has 1 saturated heterocycles. The van der Waals surface area contributed by atoms with E-state index in [4.69, 9.17) is 10.5 Å². The van der Waals surface area contributed by atoms with Crippen molar-refractivity contribution >= 4 is 5.82 Å². The molecule has 0 saturated carbocycles. The summed E-state index contributed by atoms with van der Waals surface area (Å²) in [7, 11) is 0. The third-order valence-corrected chi connectivity index (χ3v) is 3.75. The first-order valence-corrected chi connectivity index (χ1v) is 7.01. The van der Waals surface area contributed by atoms with E-state index in [-0.39, 0.29) is 0 Å². The van der Waals surface area contributed by atoms with E-state index >= 15 is 0 Å². The summed E-state index contributed by atoms with van der Waals surface area (Å²) >= 11 is 0. The maximum Gasteiger partial charge on any atom is 0.126 e. The molecule has 0 radical (unpaired) electrons. The molecule has 0 aliphatic carbocycles. The first-order valence-electron chi connectivity index (χ1n) is 7.01. The number of H-pyrrole nitrogens is 1. The summed E-state index contributed by atoms with van der Waals surface area (Å²) in [5.41, 5.74) is 9.25. The van der Waals surface area contributed by atoms with Gasteiger partial charge < -0.3 is 10.5 Å². The number of ether oxygens (including phenoxy) is 1. The Morgan fingerprint density at radius 3 is 2.60 bits per heavy atom. The van der Waals surface area contributed by atoms with Gasteiger partial charge in [-0.25, -0.2) is 0 Å². The van der Waals surface area contributed by atoms with Gasteiger partial charge >= 0.3 is 0 Å². The molecule has 0 spiro atoms. The minimum atomic E-state index is 0.617. The number of benzene rings is 1. The van der Waals surface area contributed by atoms with Crippen LogP contribution >= 0.6 is 0 Å². The van der Waals surface area contributed by atoms with Crippen molar-refractivity contribution in [2.24, 2.45) is 0 Å². The molecule has 2 aromatic rings. The second-order valence-corrected chi connectivity index (χ2v) is 5.10. The Morgan fingerprint density at radius 1 is 1.20 bits per heavy atom. The van der Waals surface area contributed by atoms with Gasteiger partial charge in [0.25, 0.3) is 0 Å². The molecule has 3 N–H and O–H groups in total. The summed E-state index contributed by atoms with van der Waals surface area (Å²) in [6.45, 7) is 4.90. The molecule has 5 heteroatoms. The molecule has 106 valence electrons. The van der Waals surface area contributed by atoms with Crippen molar-refractivity contribution in [1.82, 2.24) is 15.1 Å². The lowest BCUT2D eigenvalue weighted by molar-refractivity contribution is 0.0384. The molecule has 0 unspecified atom stereocenters. The zero-order valence-electron chi connectivity index (χ0n) is 11.5. The highest BCUT2D eigenvalue weighted by Gasteiger charge is 2.10. The normalized spacial score (nSPS) is 16.4. The lowest BCUT2D eigenvalue weighted by Gasteiger charge is -2.26. The number of hydrogen-bond acceptors (Lipinski definition) is 4. The van der Waals surface area contributed by atoms with Gasteiger partial charge in [0.15, 0.2) is 0 Å². The maximum atomic E-state index is 5.83. The highest BCUT2D eigenvalue weighted by atomic mass is 16.5. The predicted octanol–water partition coefficient (Wildman–Crippen LogP) is 1.53. The molecule has 1 aliphatic heterocycles. The second kappa shape index (κ2) is 6.07. The number of nitrogens with zero attached hydrogens (tertiary/aromatic N) is 2. The van der Waals surface area contributed by atoms with Crippen molar-refractivity contribution in [3.8, 4) is 11.1 Å². The van der Waals surface area contributed by atoms with Crippen molar-refractivity contribution in [3.05, 3.63) is 36.0 Å². The first kappa shape index (κ1) is 13.1. The van der Waals surface area contributed by atoms with Crippen LogP contribution in [0.2, 0.25) is 0 Å². The van der Waals surface area contributed by atoms with Crippen LogP contribution in [0.3, 0.4) is 0 Å². The average Bonchev–Trinajstić information content (AvgIpc) is 2.93. The fourth-order valence-electron chi connectivity index (χ4n) is 2.49. The van der Waals surface area contributed by atoms with Crippen LogP contribution in [-0.4, -0.2) is 47.9 Å². The van der Waals surface area contributed by atoms with Crippen molar-refractivity contribution in [1.29, 1.82) is 0 Å². The first-order chi connectivity index (χ1) is 9.83. The van der Waals surface area contributed by atoms with Crippen LogP contribution in [0, 0.1) is 0 Å². The highest BCUT2D eigenvalue weighted by molar-refractivity contribution is 5.72. The van der Waals surface area contributed by atoms with E-state index in [1.54, 1.807) is 6.20 Å². The molecule has 1 aromatic carbocycles. The van der Waals surface area contributed by atoms with Gasteiger partial charge in [0.05, 0.1) is 19.4 Å². The Hall–Kier alpha value is -1.85. The lowest BCUT2D eigenvalue weighted by atomic mass is 10.0. The van der Waals surface area contributed by atoms with E-state index < -0.39 is 0 Å². The fourth-order valence-corrected chi connectivity index (χ4v) is 2.49. The number of nitrogen functional groups attached to an aromatic ring is 1. The summed E-state index contributed by atoms with van der Waals surface area (Å²) in [5.74, 6) is 0.617. The van der Waals surface area contributed by atoms with Gasteiger partial charge in [0.1, 0.15) is 5.82 Å². The molecule has 0 bridgehead atoms. The number of aromatic amines is 1. The molecular weight excluding hydrogens is 252 g/mol. The van der Waals surface area contributed by atoms with E-state index in [2.05, 4.69) is 39.4 Å². The minimum absolute atomic E-state index is 0.617. The molecule has 1 aromatic heterocycles. The largest absolute Gasteiger partial charge is 0.384 e. The summed E-state index contributed by atoms with van der Waals surface area (Å²) in [4.78, 5) is 2.45. The predicted molar refractivity (Wildman–Crippen MR) is 79.4 cm³/mol. The standard InChI is InChI=1S/C15H20N4O/c16-15-14(11-17-18-15)13-3-1-12(2-4-13)5-6-19-7-9-20-10-8-19/h1-4,11H,5-10H2,(H3,16,17,18). The quantitative estimate of drug-likeness (QED) is 0.886. The van der Waals surface area contributed by atoms with Crippen molar-refractivity contribution in [2.75, 3.05) is 38.6 Å². The fraction of sp³-hybridized carbons (Fsp3) is 0.400. The Morgan fingerprint density at radius 2 is 1.95 bits per heavy atom. The van der Waals surface area contributed by atoms with Crippen molar-refractivity contribution in [3.63, 3.8) is 0 Å². The van der Waals surface area contributed by atoms with Crippen LogP contribution in [0.5, 0.6) is 0 Å². The number of hydrogen-bond donors (Lipinski definition) is 2. The van der Waals surface area contributed by atoms with E-state index in [9.17, 15) is 0 Å². The zero-order chi connectivity index (χ0) is 13.8. The van der Waals surface area contributed by atoms with Gasteiger partial charge in [0.2, 0.25) is 0 Å². The van der Waals surface area contributed by atoms with Gasteiger partial charge in [-0.05, 0) is 17.5 Å². The van der Waals surface area contributed by atoms with Crippen LogP contribution in [0.1, 0.15) is 5.56 Å². The van der Waals surface area contributed by atoms with Crippen LogP contribution in [0.4, 0.5) is 5.82 Å². The Balaban J connectivity index is 1.60. The summed E-state index contributed by atoms with van der Waals surface area (Å²) in [5, 5.41) is 6.71. The zero-order valence-corrected chi connectivity index (χ0v) is 11.5. The average molecular weight is 272 g/mol. The van der Waals surface area contributed by atoms with E-state index in [0.29, 0.717) is 5.82 Å². The highest BCUT2D eigenvalue weighted by Crippen LogP contribution is 2.23. The van der Waals surface area contributed by atoms with Crippen LogP contribution < -0.4 is 5.73 Å². The third-order valence-electron chi connectivity index (χ3n) is 3.75. The smallest absolute Gasteiger partial charge is 0.126 e. The lowest BCUT2D eigenvalue weighted by Crippen LogP contribution is -2.37. The summed E-state index contributed by atoms with van der Waals surface area (Å²) < 4.78 is 5.36. The third kappa shape index (κ3) is 3.00. The Labute approximate surface area is 118 Å². The molecule has 5 nitrogen and oxygen atoms in total. The van der Waals surface area contributed by atoms with Crippen LogP contribution in [0.15, 0.2) is 30.5 Å². The molecule has 20 heavy (non-hydrogen) atoms. The molecule has 0 amide bonds. The SMILES string of the molecule is Nc1[nH]ncc1-c1ccc(CCN2CCOCC2)cc1. The molecular formula is C15H20N4O. The van der Waals surface area contributed by atoms with Gasteiger partial charge in [-0.3, -0.25) is 10.00 Å². The molecule has 2 heterocycles. The van der Waals surface area contributed by atoms with Gasteiger partial charge in [0, 0.05) is 25.2 Å². The van der Waals surface area contributed by atoms with Gasteiger partial charge in [-0.15, -0.1) is 0 Å². The minimum Gasteiger partial charge on any atom is -0.384 e. The van der Waals surface area contributed by atoms with Crippen molar-refractivity contribution < 1.29 is 4.74 Å². The summed E-state index contributed by atoms with van der Waals surface area (Å²) in [6, 6.07) is 8.55. The summed E-state index contributed by atoms with van der Waals surface area (Å²) in [6.07, 6.45) is 2.83. The molecule has 1 fully saturated rings. The van der Waals surface area contributed by atoms with Crippen LogP contribution in [0.25, 0.3) is 11.1 Å².